The van der Waals surface area contributed by atoms with Gasteiger partial charge in [0.1, 0.15) is 5.82 Å². The molecule has 1 aliphatic heterocycles. The lowest BCUT2D eigenvalue weighted by molar-refractivity contribution is 0.0984. The smallest absolute Gasteiger partial charge is 0.258 e. The van der Waals surface area contributed by atoms with E-state index in [1.54, 1.807) is 15.6 Å². The molecule has 2 heterocycles. The molecule has 6 rings (SSSR count). The molecule has 0 N–H and O–H groups in total. The van der Waals surface area contributed by atoms with Gasteiger partial charge in [0.25, 0.3) is 5.91 Å². The third-order valence-corrected chi connectivity index (χ3v) is 9.55. The first-order valence-electron chi connectivity index (χ1n) is 13.1. The minimum absolute atomic E-state index is 0.149. The largest absolute Gasteiger partial charge is 0.302 e. The Kier molecular flexibility index (Phi) is 6.56. The molecule has 0 saturated heterocycles. The van der Waals surface area contributed by atoms with Crippen molar-refractivity contribution in [3.8, 4) is 0 Å². The molecule has 3 aromatic carbocycles. The number of benzene rings is 3. The monoisotopic (exact) mass is 544 g/mol. The molecule has 2 aliphatic rings. The van der Waals surface area contributed by atoms with Crippen LogP contribution < -0.4 is 4.90 Å². The summed E-state index contributed by atoms with van der Waals surface area (Å²) in [4.78, 5) is 15.5. The molecule has 0 saturated carbocycles. The van der Waals surface area contributed by atoms with Crippen molar-refractivity contribution in [2.75, 3.05) is 11.4 Å². The van der Waals surface area contributed by atoms with E-state index in [1.165, 1.54) is 34.1 Å². The molecule has 0 atom stereocenters. The number of hydrogen-bond acceptors (Lipinski definition) is 4. The van der Waals surface area contributed by atoms with Crippen LogP contribution in [0.4, 0.5) is 10.1 Å². The summed E-state index contributed by atoms with van der Waals surface area (Å²) in [6, 6.07) is 20.2. The van der Waals surface area contributed by atoms with E-state index in [9.17, 15) is 17.6 Å². The number of carbonyl (C=O) groups is 1. The summed E-state index contributed by atoms with van der Waals surface area (Å²) in [5, 5.41) is 4.73. The Morgan fingerprint density at radius 2 is 1.72 bits per heavy atom. The van der Waals surface area contributed by atoms with Gasteiger partial charge in [0.2, 0.25) is 10.0 Å². The molecule has 1 amide bonds. The molecule has 0 radical (unpaired) electrons. The Morgan fingerprint density at radius 1 is 0.974 bits per heavy atom. The quantitative estimate of drug-likeness (QED) is 0.354. The van der Waals surface area contributed by atoms with Crippen LogP contribution in [0.25, 0.3) is 0 Å². The summed E-state index contributed by atoms with van der Waals surface area (Å²) in [5.41, 5.74) is 5.80. The molecule has 1 aliphatic carbocycles. The number of para-hydroxylation sites is 1. The predicted octanol–water partition coefficient (Wildman–Crippen LogP) is 4.64. The summed E-state index contributed by atoms with van der Waals surface area (Å²) in [5.74, 6) is -0.708. The molecule has 7 nitrogen and oxygen atoms in total. The van der Waals surface area contributed by atoms with E-state index in [0.717, 1.165) is 36.1 Å². The summed E-state index contributed by atoms with van der Waals surface area (Å²) in [7, 11) is -1.85. The van der Waals surface area contributed by atoms with Crippen molar-refractivity contribution >= 4 is 21.6 Å². The third-order valence-electron chi connectivity index (χ3n) is 7.71. The molecule has 0 unspecified atom stereocenters. The first-order chi connectivity index (χ1) is 18.8. The summed E-state index contributed by atoms with van der Waals surface area (Å²) in [6.45, 7) is 0.698. The van der Waals surface area contributed by atoms with E-state index in [-0.39, 0.29) is 19.0 Å². The van der Waals surface area contributed by atoms with Crippen molar-refractivity contribution in [1.82, 2.24) is 14.1 Å². The van der Waals surface area contributed by atoms with Crippen molar-refractivity contribution in [3.05, 3.63) is 112 Å². The van der Waals surface area contributed by atoms with Crippen LogP contribution in [0.5, 0.6) is 0 Å². The van der Waals surface area contributed by atoms with Crippen LogP contribution in [0.15, 0.2) is 77.7 Å². The van der Waals surface area contributed by atoms with Gasteiger partial charge in [0.05, 0.1) is 17.1 Å². The van der Waals surface area contributed by atoms with Crippen molar-refractivity contribution in [2.24, 2.45) is 7.05 Å². The maximum Gasteiger partial charge on any atom is 0.258 e. The van der Waals surface area contributed by atoms with E-state index in [0.29, 0.717) is 34.8 Å². The van der Waals surface area contributed by atoms with E-state index in [2.05, 4.69) is 0 Å². The second-order valence-electron chi connectivity index (χ2n) is 10.1. The first kappa shape index (κ1) is 25.5. The first-order valence-corrected chi connectivity index (χ1v) is 14.5. The molecule has 1 aromatic heterocycles. The number of aromatic nitrogens is 2. The number of nitrogens with zero attached hydrogens (tertiary/aromatic N) is 4. The van der Waals surface area contributed by atoms with Gasteiger partial charge in [-0.2, -0.15) is 9.40 Å². The topological polar surface area (TPSA) is 75.5 Å². The zero-order valence-corrected chi connectivity index (χ0v) is 22.5. The van der Waals surface area contributed by atoms with Gasteiger partial charge in [-0.15, -0.1) is 0 Å². The van der Waals surface area contributed by atoms with Gasteiger partial charge in [-0.3, -0.25) is 9.48 Å². The van der Waals surface area contributed by atoms with Gasteiger partial charge in [-0.05, 0) is 78.9 Å². The van der Waals surface area contributed by atoms with Crippen molar-refractivity contribution < 1.29 is 17.6 Å². The lowest BCUT2D eigenvalue weighted by atomic mass is 10.1. The second kappa shape index (κ2) is 10.1. The van der Waals surface area contributed by atoms with Gasteiger partial charge in [0.15, 0.2) is 0 Å². The van der Waals surface area contributed by atoms with E-state index in [1.807, 2.05) is 49.5 Å². The van der Waals surface area contributed by atoms with Gasteiger partial charge < -0.3 is 4.90 Å². The van der Waals surface area contributed by atoms with Crippen LogP contribution in [-0.2, 0) is 49.4 Å². The fraction of sp³-hybridized carbons (Fsp3) is 0.267. The summed E-state index contributed by atoms with van der Waals surface area (Å²) < 4.78 is 44.2. The molecule has 0 spiro atoms. The molecule has 0 bridgehead atoms. The Balaban J connectivity index is 1.32. The summed E-state index contributed by atoms with van der Waals surface area (Å²) >= 11 is 0. The summed E-state index contributed by atoms with van der Waals surface area (Å²) in [6.07, 6.45) is 3.49. The molecular weight excluding hydrogens is 515 g/mol. The highest BCUT2D eigenvalue weighted by molar-refractivity contribution is 7.89. The van der Waals surface area contributed by atoms with E-state index >= 15 is 0 Å². The number of aryl methyl sites for hydroxylation is 3. The normalized spacial score (nSPS) is 15.1. The average molecular weight is 545 g/mol. The lowest BCUT2D eigenvalue weighted by Gasteiger charge is -2.28. The number of halogens is 1. The van der Waals surface area contributed by atoms with Gasteiger partial charge in [-0.25, -0.2) is 12.8 Å². The number of sulfonamides is 1. The van der Waals surface area contributed by atoms with Crippen molar-refractivity contribution in [1.29, 1.82) is 0 Å². The van der Waals surface area contributed by atoms with Gasteiger partial charge >= 0.3 is 0 Å². The second-order valence-corrected chi connectivity index (χ2v) is 12.0. The van der Waals surface area contributed by atoms with Crippen molar-refractivity contribution in [2.45, 2.75) is 43.7 Å². The minimum Gasteiger partial charge on any atom is -0.302 e. The fourth-order valence-electron chi connectivity index (χ4n) is 5.62. The van der Waals surface area contributed by atoms with Crippen LogP contribution in [0.2, 0.25) is 0 Å². The minimum atomic E-state index is -3.70. The predicted molar refractivity (Wildman–Crippen MR) is 146 cm³/mol. The SMILES string of the molecule is Cn1nc(CN(C(=O)c2ccc(F)cc2)c2ccccc2)c2c1CCN(S(=O)(=O)c1ccc3c(c1)CCC3)C2. The number of amides is 1. The van der Waals surface area contributed by atoms with Crippen LogP contribution in [0.1, 0.15) is 44.9 Å². The van der Waals surface area contributed by atoms with Gasteiger partial charge in [-0.1, -0.05) is 24.3 Å². The van der Waals surface area contributed by atoms with Crippen LogP contribution in [-0.4, -0.2) is 35.0 Å². The van der Waals surface area contributed by atoms with Crippen LogP contribution in [0.3, 0.4) is 0 Å². The molecule has 200 valence electrons. The van der Waals surface area contributed by atoms with Gasteiger partial charge in [0, 0.05) is 49.1 Å². The number of rotatable bonds is 6. The van der Waals surface area contributed by atoms with E-state index in [4.69, 9.17) is 5.10 Å². The molecule has 39 heavy (non-hydrogen) atoms. The maximum absolute atomic E-state index is 13.7. The third kappa shape index (κ3) is 4.77. The van der Waals surface area contributed by atoms with Crippen molar-refractivity contribution in [3.63, 3.8) is 0 Å². The Hall–Kier alpha value is -3.82. The maximum atomic E-state index is 13.7. The Bertz CT molecular complexity index is 1650. The fourth-order valence-corrected chi connectivity index (χ4v) is 7.08. The highest BCUT2D eigenvalue weighted by Crippen LogP contribution is 2.31. The Labute approximate surface area is 227 Å². The van der Waals surface area contributed by atoms with Crippen LogP contribution in [0, 0.1) is 5.82 Å². The molecule has 9 heteroatoms. The zero-order valence-electron chi connectivity index (χ0n) is 21.7. The lowest BCUT2D eigenvalue weighted by Crippen LogP contribution is -2.37. The standard InChI is InChI=1S/C30H29FN4O3S/c1-33-29-16-17-34(39(37,38)26-15-12-21-6-5-7-23(21)18-26)19-27(29)28(32-33)20-35(25-8-3-2-4-9-25)30(36)22-10-13-24(31)14-11-22/h2-4,8-15,18H,5-7,16-17,19-20H2,1H3. The average Bonchev–Trinajstić information content (AvgIpc) is 3.55. The molecule has 0 fully saturated rings. The molecular formula is C30H29FN4O3S. The number of anilines is 1. The highest BCUT2D eigenvalue weighted by Gasteiger charge is 2.33. The Morgan fingerprint density at radius 3 is 2.49 bits per heavy atom. The van der Waals surface area contributed by atoms with Crippen LogP contribution >= 0.6 is 0 Å². The number of hydrogen-bond donors (Lipinski definition) is 0. The zero-order chi connectivity index (χ0) is 27.1. The van der Waals surface area contributed by atoms with E-state index < -0.39 is 15.8 Å². The number of fused-ring (bicyclic) bond motifs is 2. The number of carbonyl (C=O) groups excluding carboxylic acids is 1. The highest BCUT2D eigenvalue weighted by atomic mass is 32.2. The molecule has 4 aromatic rings.